The minimum absolute atomic E-state index is 0.784. The molecule has 75 valence electrons. The van der Waals surface area contributed by atoms with E-state index in [1.807, 2.05) is 11.3 Å². The molecular formula is C11H11HgO2S. The number of carboxylic acids is 1. The normalized spacial score (nSPS) is 9.60. The summed E-state index contributed by atoms with van der Waals surface area (Å²) in [5.74, 6) is -0.833. The molecule has 4 heteroatoms. The first-order chi connectivity index (χ1) is 7.02. The number of thiophene rings is 1. The average molecular weight is 408 g/mol. The molecule has 1 aromatic carbocycles. The fraction of sp³-hybridized carbons (Fsp3) is 0.182. The van der Waals surface area contributed by atoms with Crippen LogP contribution in [0.5, 0.6) is 0 Å². The number of benzene rings is 1. The molecule has 0 saturated carbocycles. The van der Waals surface area contributed by atoms with Crippen molar-refractivity contribution < 1.29 is 36.0 Å². The molecule has 0 fully saturated rings. The van der Waals surface area contributed by atoms with Crippen molar-refractivity contribution in [3.05, 3.63) is 29.8 Å². The number of hydrogen-bond donors (Lipinski definition) is 1. The molecule has 1 heterocycles. The van der Waals surface area contributed by atoms with E-state index in [0.717, 1.165) is 33.0 Å². The summed E-state index contributed by atoms with van der Waals surface area (Å²) < 4.78 is 3.08. The van der Waals surface area contributed by atoms with Gasteiger partial charge in [-0.1, -0.05) is 0 Å². The summed E-state index contributed by atoms with van der Waals surface area (Å²) in [6, 6.07) is 8.67. The fourth-order valence-electron chi connectivity index (χ4n) is 1.22. The molecule has 2 aromatic rings. The maximum atomic E-state index is 9.00. The molecule has 0 amide bonds. The van der Waals surface area contributed by atoms with E-state index in [9.17, 15) is 0 Å². The summed E-state index contributed by atoms with van der Waals surface area (Å²) in [6.45, 7) is 3.32. The first-order valence-electron chi connectivity index (χ1n) is 4.52. The van der Waals surface area contributed by atoms with Crippen LogP contribution in [0, 0.1) is 6.92 Å². The Kier molecular flexibility index (Phi) is 4.73. The predicted molar refractivity (Wildman–Crippen MR) is 59.5 cm³/mol. The number of carboxylic acid groups (broad SMARTS) is 1. The Morgan fingerprint density at radius 3 is 2.47 bits per heavy atom. The van der Waals surface area contributed by atoms with Crippen LogP contribution in [-0.4, -0.2) is 11.1 Å². The van der Waals surface area contributed by atoms with E-state index in [1.165, 1.54) is 15.6 Å². The standard InChI is InChI=1S/C9H7S.C2H4O2.Hg/c1-7-6-10-9-5-3-2-4-8(7)9;1-2(3)4;/h2-5H,1H3;1H3,(H,3,4);. The Morgan fingerprint density at radius 2 is 1.93 bits per heavy atom. The van der Waals surface area contributed by atoms with Gasteiger partial charge in [0.05, 0.1) is 0 Å². The summed E-state index contributed by atoms with van der Waals surface area (Å²) in [7, 11) is 0. The molecule has 0 atom stereocenters. The average Bonchev–Trinajstić information content (AvgIpc) is 2.43. The minimum atomic E-state index is -0.833. The number of rotatable bonds is 0. The third kappa shape index (κ3) is 3.57. The van der Waals surface area contributed by atoms with Gasteiger partial charge in [-0.15, -0.1) is 0 Å². The van der Waals surface area contributed by atoms with Crippen molar-refractivity contribution in [3.63, 3.8) is 0 Å². The number of hydrogen-bond acceptors (Lipinski definition) is 2. The van der Waals surface area contributed by atoms with E-state index >= 15 is 0 Å². The summed E-state index contributed by atoms with van der Waals surface area (Å²) >= 11 is 2.75. The topological polar surface area (TPSA) is 37.3 Å². The van der Waals surface area contributed by atoms with Gasteiger partial charge in [0, 0.05) is 6.92 Å². The summed E-state index contributed by atoms with van der Waals surface area (Å²) in [6.07, 6.45) is 0. The predicted octanol–water partition coefficient (Wildman–Crippen LogP) is 2.47. The maximum absolute atomic E-state index is 9.00. The zero-order chi connectivity index (χ0) is 11.4. The van der Waals surface area contributed by atoms with Crippen LogP contribution in [0.25, 0.3) is 10.1 Å². The van der Waals surface area contributed by atoms with Crippen LogP contribution in [-0.2, 0) is 30.9 Å². The number of carbonyl (C=O) groups is 1. The van der Waals surface area contributed by atoms with Crippen molar-refractivity contribution in [3.8, 4) is 0 Å². The van der Waals surface area contributed by atoms with E-state index in [1.54, 1.807) is 2.39 Å². The van der Waals surface area contributed by atoms with Crippen molar-refractivity contribution in [2.24, 2.45) is 0 Å². The van der Waals surface area contributed by atoms with Gasteiger partial charge in [-0.2, -0.15) is 0 Å². The second kappa shape index (κ2) is 5.61. The summed E-state index contributed by atoms with van der Waals surface area (Å²) in [5.41, 5.74) is 1.52. The summed E-state index contributed by atoms with van der Waals surface area (Å²) in [5, 5.41) is 8.88. The fourth-order valence-corrected chi connectivity index (χ4v) is 4.79. The molecule has 0 aliphatic carbocycles. The van der Waals surface area contributed by atoms with E-state index in [2.05, 4.69) is 31.2 Å². The van der Waals surface area contributed by atoms with Gasteiger partial charge < -0.3 is 5.11 Å². The second-order valence-corrected chi connectivity index (χ2v) is 9.04. The van der Waals surface area contributed by atoms with E-state index in [0.29, 0.717) is 0 Å². The van der Waals surface area contributed by atoms with Crippen LogP contribution in [0.4, 0.5) is 0 Å². The monoisotopic (exact) mass is 409 g/mol. The molecule has 0 unspecified atom stereocenters. The van der Waals surface area contributed by atoms with Crippen LogP contribution in [0.2, 0.25) is 0 Å². The van der Waals surface area contributed by atoms with Gasteiger partial charge in [0.15, 0.2) is 0 Å². The van der Waals surface area contributed by atoms with Gasteiger partial charge in [-0.25, -0.2) is 0 Å². The van der Waals surface area contributed by atoms with Crippen molar-refractivity contribution in [2.75, 3.05) is 0 Å². The van der Waals surface area contributed by atoms with Crippen LogP contribution in [0.15, 0.2) is 24.3 Å². The SMILES string of the molecule is CC(=O)O.Cc1[c]([Hg])sc2ccccc12. The molecule has 0 aliphatic heterocycles. The molecule has 1 aromatic heterocycles. The van der Waals surface area contributed by atoms with Gasteiger partial charge >= 0.3 is 86.7 Å². The third-order valence-electron chi connectivity index (χ3n) is 1.94. The zero-order valence-electron chi connectivity index (χ0n) is 8.78. The van der Waals surface area contributed by atoms with E-state index < -0.39 is 5.97 Å². The van der Waals surface area contributed by atoms with Gasteiger partial charge in [0.25, 0.3) is 5.97 Å². The van der Waals surface area contributed by atoms with Crippen molar-refractivity contribution in [1.82, 2.24) is 0 Å². The Bertz CT molecular complexity index is 472. The van der Waals surface area contributed by atoms with Crippen LogP contribution < -0.4 is 2.39 Å². The first-order valence-corrected chi connectivity index (χ1v) is 8.08. The van der Waals surface area contributed by atoms with Gasteiger partial charge in [0.1, 0.15) is 0 Å². The number of fused-ring (bicyclic) bond motifs is 1. The van der Waals surface area contributed by atoms with Crippen LogP contribution in [0.1, 0.15) is 12.5 Å². The molecule has 0 spiro atoms. The Labute approximate surface area is 109 Å². The van der Waals surface area contributed by atoms with Gasteiger partial charge in [-0.05, 0) is 0 Å². The molecule has 2 rings (SSSR count). The van der Waals surface area contributed by atoms with Gasteiger partial charge in [-0.3, -0.25) is 4.79 Å². The molecule has 1 N–H and O–H groups in total. The number of aliphatic carboxylic acids is 1. The van der Waals surface area contributed by atoms with Crippen molar-refractivity contribution in [1.29, 1.82) is 0 Å². The number of aryl methyl sites for hydroxylation is 1. The van der Waals surface area contributed by atoms with Crippen molar-refractivity contribution in [2.45, 2.75) is 13.8 Å². The summed E-state index contributed by atoms with van der Waals surface area (Å²) in [4.78, 5) is 9.00. The van der Waals surface area contributed by atoms with E-state index in [-0.39, 0.29) is 0 Å². The molecule has 0 bridgehead atoms. The third-order valence-corrected chi connectivity index (χ3v) is 6.82. The zero-order valence-corrected chi connectivity index (χ0v) is 15.1. The molecule has 0 saturated heterocycles. The van der Waals surface area contributed by atoms with Gasteiger partial charge in [0.2, 0.25) is 0 Å². The quantitative estimate of drug-likeness (QED) is 0.681. The second-order valence-electron chi connectivity index (χ2n) is 3.17. The molecule has 0 aliphatic rings. The van der Waals surface area contributed by atoms with E-state index in [4.69, 9.17) is 9.90 Å². The molecule has 2 nitrogen and oxygen atoms in total. The Hall–Kier alpha value is -0.415. The Balaban J connectivity index is 0.000000245. The first kappa shape index (κ1) is 12.7. The van der Waals surface area contributed by atoms with Crippen LogP contribution >= 0.6 is 11.3 Å². The van der Waals surface area contributed by atoms with Crippen molar-refractivity contribution >= 4 is 29.8 Å². The molecule has 15 heavy (non-hydrogen) atoms. The molecular weight excluding hydrogens is 397 g/mol. The Morgan fingerprint density at radius 1 is 1.40 bits per heavy atom. The van der Waals surface area contributed by atoms with Crippen LogP contribution in [0.3, 0.4) is 0 Å². The molecule has 0 radical (unpaired) electrons.